The van der Waals surface area contributed by atoms with Gasteiger partial charge < -0.3 is 4.57 Å². The van der Waals surface area contributed by atoms with Crippen molar-refractivity contribution in [1.82, 2.24) is 4.57 Å². The summed E-state index contributed by atoms with van der Waals surface area (Å²) in [6.07, 6.45) is 0. The van der Waals surface area contributed by atoms with Gasteiger partial charge in [0, 0.05) is 16.3 Å². The van der Waals surface area contributed by atoms with Gasteiger partial charge in [-0.15, -0.1) is 0 Å². The standard InChI is InChI=1S/C30H20ClN/c31-26-19-23(21-11-3-1-4-12-21)20-29(30(26)22-13-5-2-6-14-22)32-27-17-9-7-15-24(27)25-16-8-10-18-28(25)32/h1-20H. The van der Waals surface area contributed by atoms with Crippen molar-refractivity contribution < 1.29 is 0 Å². The van der Waals surface area contributed by atoms with Crippen LogP contribution in [0.15, 0.2) is 121 Å². The predicted molar refractivity (Wildman–Crippen MR) is 137 cm³/mol. The summed E-state index contributed by atoms with van der Waals surface area (Å²) in [5.74, 6) is 0. The molecule has 0 radical (unpaired) electrons. The zero-order chi connectivity index (χ0) is 21.5. The van der Waals surface area contributed by atoms with E-state index in [-0.39, 0.29) is 0 Å². The fourth-order valence-electron chi connectivity index (χ4n) is 4.64. The molecule has 0 amide bonds. The molecule has 0 bridgehead atoms. The topological polar surface area (TPSA) is 4.93 Å². The molecule has 152 valence electrons. The van der Waals surface area contributed by atoms with Crippen molar-refractivity contribution in [2.75, 3.05) is 0 Å². The Morgan fingerprint density at radius 3 is 1.56 bits per heavy atom. The number of benzene rings is 5. The average molecular weight is 430 g/mol. The lowest BCUT2D eigenvalue weighted by Crippen LogP contribution is -1.99. The van der Waals surface area contributed by atoms with Crippen LogP contribution in [0.3, 0.4) is 0 Å². The molecule has 1 aromatic heterocycles. The summed E-state index contributed by atoms with van der Waals surface area (Å²) in [6, 6.07) is 42.3. The van der Waals surface area contributed by atoms with E-state index in [1.165, 1.54) is 21.8 Å². The first kappa shape index (κ1) is 18.9. The quantitative estimate of drug-likeness (QED) is 0.265. The van der Waals surface area contributed by atoms with Gasteiger partial charge in [-0.05, 0) is 41.0 Å². The third kappa shape index (κ3) is 3.02. The van der Waals surface area contributed by atoms with E-state index in [0.29, 0.717) is 0 Å². The molecule has 32 heavy (non-hydrogen) atoms. The van der Waals surface area contributed by atoms with Gasteiger partial charge in [-0.2, -0.15) is 0 Å². The highest BCUT2D eigenvalue weighted by Crippen LogP contribution is 2.41. The molecular weight excluding hydrogens is 410 g/mol. The van der Waals surface area contributed by atoms with Crippen molar-refractivity contribution in [2.24, 2.45) is 0 Å². The van der Waals surface area contributed by atoms with Crippen LogP contribution in [0, 0.1) is 0 Å². The van der Waals surface area contributed by atoms with Gasteiger partial charge in [0.05, 0.1) is 21.7 Å². The van der Waals surface area contributed by atoms with Crippen molar-refractivity contribution in [3.63, 3.8) is 0 Å². The second kappa shape index (κ2) is 7.71. The fraction of sp³-hybridized carbons (Fsp3) is 0. The summed E-state index contributed by atoms with van der Waals surface area (Å²) in [4.78, 5) is 0. The Kier molecular flexibility index (Phi) is 4.56. The van der Waals surface area contributed by atoms with Gasteiger partial charge in [0.1, 0.15) is 0 Å². The Bertz CT molecular complexity index is 1510. The number of hydrogen-bond acceptors (Lipinski definition) is 0. The highest BCUT2D eigenvalue weighted by Gasteiger charge is 2.18. The SMILES string of the molecule is Clc1cc(-c2ccccc2)cc(-n2c3ccccc3c3ccccc32)c1-c1ccccc1. The highest BCUT2D eigenvalue weighted by atomic mass is 35.5. The maximum atomic E-state index is 7.02. The molecule has 0 N–H and O–H groups in total. The molecule has 1 nitrogen and oxygen atoms in total. The molecular formula is C30H20ClN. The van der Waals surface area contributed by atoms with Crippen LogP contribution in [-0.2, 0) is 0 Å². The van der Waals surface area contributed by atoms with E-state index < -0.39 is 0 Å². The molecule has 0 saturated heterocycles. The van der Waals surface area contributed by atoms with Crippen LogP contribution in [0.5, 0.6) is 0 Å². The molecule has 0 saturated carbocycles. The summed E-state index contributed by atoms with van der Waals surface area (Å²) >= 11 is 7.02. The number of halogens is 1. The molecule has 1 heterocycles. The van der Waals surface area contributed by atoms with Crippen molar-refractivity contribution in [2.45, 2.75) is 0 Å². The number of fused-ring (bicyclic) bond motifs is 3. The van der Waals surface area contributed by atoms with E-state index in [2.05, 4.69) is 114 Å². The summed E-state index contributed by atoms with van der Waals surface area (Å²) < 4.78 is 2.35. The van der Waals surface area contributed by atoms with Crippen LogP contribution in [0.2, 0.25) is 5.02 Å². The molecule has 0 aliphatic rings. The van der Waals surface area contributed by atoms with Gasteiger partial charge in [-0.3, -0.25) is 0 Å². The number of para-hydroxylation sites is 2. The minimum atomic E-state index is 0.745. The maximum Gasteiger partial charge on any atom is 0.0561 e. The van der Waals surface area contributed by atoms with Crippen LogP contribution in [0.1, 0.15) is 0 Å². The van der Waals surface area contributed by atoms with E-state index in [1.807, 2.05) is 12.1 Å². The van der Waals surface area contributed by atoms with Gasteiger partial charge >= 0.3 is 0 Å². The van der Waals surface area contributed by atoms with Crippen molar-refractivity contribution in [3.05, 3.63) is 126 Å². The second-order valence-corrected chi connectivity index (χ2v) is 8.36. The fourth-order valence-corrected chi connectivity index (χ4v) is 4.96. The summed E-state index contributed by atoms with van der Waals surface area (Å²) in [5.41, 5.74) is 7.83. The van der Waals surface area contributed by atoms with Crippen LogP contribution in [0.25, 0.3) is 49.7 Å². The molecule has 0 aliphatic carbocycles. The number of aromatic nitrogens is 1. The smallest absolute Gasteiger partial charge is 0.0561 e. The third-order valence-corrected chi connectivity index (χ3v) is 6.36. The first-order chi connectivity index (χ1) is 15.8. The Hall–Kier alpha value is -3.81. The summed E-state index contributed by atoms with van der Waals surface area (Å²) in [6.45, 7) is 0. The van der Waals surface area contributed by atoms with Gasteiger partial charge in [-0.1, -0.05) is 109 Å². The number of nitrogens with zero attached hydrogens (tertiary/aromatic N) is 1. The van der Waals surface area contributed by atoms with E-state index in [0.717, 1.165) is 33.0 Å². The van der Waals surface area contributed by atoms with Crippen LogP contribution >= 0.6 is 11.6 Å². The minimum Gasteiger partial charge on any atom is -0.309 e. The Morgan fingerprint density at radius 2 is 0.969 bits per heavy atom. The van der Waals surface area contributed by atoms with Gasteiger partial charge in [0.15, 0.2) is 0 Å². The van der Waals surface area contributed by atoms with Gasteiger partial charge in [-0.25, -0.2) is 0 Å². The number of rotatable bonds is 3. The van der Waals surface area contributed by atoms with E-state index in [1.54, 1.807) is 0 Å². The largest absolute Gasteiger partial charge is 0.309 e. The molecule has 0 unspecified atom stereocenters. The summed E-state index contributed by atoms with van der Waals surface area (Å²) in [5, 5.41) is 3.22. The lowest BCUT2D eigenvalue weighted by molar-refractivity contribution is 1.18. The van der Waals surface area contributed by atoms with Gasteiger partial charge in [0.25, 0.3) is 0 Å². The molecule has 0 aliphatic heterocycles. The van der Waals surface area contributed by atoms with Crippen molar-refractivity contribution >= 4 is 33.4 Å². The molecule has 5 aromatic carbocycles. The van der Waals surface area contributed by atoms with E-state index >= 15 is 0 Å². The van der Waals surface area contributed by atoms with E-state index in [9.17, 15) is 0 Å². The molecule has 2 heteroatoms. The first-order valence-electron chi connectivity index (χ1n) is 10.7. The third-order valence-electron chi connectivity index (χ3n) is 6.06. The molecule has 6 rings (SSSR count). The lowest BCUT2D eigenvalue weighted by Gasteiger charge is -2.18. The minimum absolute atomic E-state index is 0.745. The first-order valence-corrected chi connectivity index (χ1v) is 11.1. The monoisotopic (exact) mass is 429 g/mol. The predicted octanol–water partition coefficient (Wildman–Crippen LogP) is 8.77. The Labute approximate surface area is 192 Å². The van der Waals surface area contributed by atoms with Crippen LogP contribution in [-0.4, -0.2) is 4.57 Å². The van der Waals surface area contributed by atoms with E-state index in [4.69, 9.17) is 11.6 Å². The lowest BCUT2D eigenvalue weighted by atomic mass is 9.97. The van der Waals surface area contributed by atoms with Crippen molar-refractivity contribution in [3.8, 4) is 27.9 Å². The Balaban J connectivity index is 1.77. The Morgan fingerprint density at radius 1 is 0.469 bits per heavy atom. The molecule has 0 atom stereocenters. The van der Waals surface area contributed by atoms with Gasteiger partial charge in [0.2, 0.25) is 0 Å². The van der Waals surface area contributed by atoms with Crippen LogP contribution in [0.4, 0.5) is 0 Å². The molecule has 0 spiro atoms. The second-order valence-electron chi connectivity index (χ2n) is 7.95. The van der Waals surface area contributed by atoms with Crippen LogP contribution < -0.4 is 0 Å². The summed E-state index contributed by atoms with van der Waals surface area (Å²) in [7, 11) is 0. The molecule has 0 fully saturated rings. The highest BCUT2D eigenvalue weighted by molar-refractivity contribution is 6.34. The molecule has 6 aromatic rings. The van der Waals surface area contributed by atoms with Crippen molar-refractivity contribution in [1.29, 1.82) is 0 Å². The number of hydrogen-bond donors (Lipinski definition) is 0. The normalized spacial score (nSPS) is 11.3. The average Bonchev–Trinajstić information content (AvgIpc) is 3.19. The zero-order valence-electron chi connectivity index (χ0n) is 17.4. The zero-order valence-corrected chi connectivity index (χ0v) is 18.1. The maximum absolute atomic E-state index is 7.02.